The van der Waals surface area contributed by atoms with E-state index >= 15 is 0 Å². The van der Waals surface area contributed by atoms with Crippen LogP contribution in [0, 0.1) is 0 Å². The van der Waals surface area contributed by atoms with Crippen LogP contribution in [0.25, 0.3) is 17.2 Å². The van der Waals surface area contributed by atoms with Gasteiger partial charge in [0.15, 0.2) is 0 Å². The highest BCUT2D eigenvalue weighted by Crippen LogP contribution is 2.19. The third-order valence-electron chi connectivity index (χ3n) is 2.92. The number of rotatable bonds is 5. The third kappa shape index (κ3) is 4.09. The molecule has 2 heteroatoms. The SMILES string of the molecule is CCOC(=O)CC=Cc1ccc(-c2ccccc2)cc1. The van der Waals surface area contributed by atoms with Crippen molar-refractivity contribution in [2.24, 2.45) is 0 Å². The highest BCUT2D eigenvalue weighted by atomic mass is 16.5. The second-order valence-corrected chi connectivity index (χ2v) is 4.40. The van der Waals surface area contributed by atoms with Crippen molar-refractivity contribution in [3.05, 3.63) is 66.2 Å². The van der Waals surface area contributed by atoms with Crippen LogP contribution in [0.3, 0.4) is 0 Å². The molecule has 102 valence electrons. The van der Waals surface area contributed by atoms with Gasteiger partial charge in [0, 0.05) is 0 Å². The summed E-state index contributed by atoms with van der Waals surface area (Å²) in [7, 11) is 0. The van der Waals surface area contributed by atoms with E-state index in [4.69, 9.17) is 4.74 Å². The van der Waals surface area contributed by atoms with Crippen LogP contribution in [0.2, 0.25) is 0 Å². The average Bonchev–Trinajstić information content (AvgIpc) is 2.49. The van der Waals surface area contributed by atoms with Gasteiger partial charge >= 0.3 is 5.97 Å². The molecule has 0 aromatic heterocycles. The fourth-order valence-corrected chi connectivity index (χ4v) is 1.93. The molecule has 0 radical (unpaired) electrons. The van der Waals surface area contributed by atoms with E-state index in [0.717, 1.165) is 5.56 Å². The van der Waals surface area contributed by atoms with E-state index in [9.17, 15) is 4.79 Å². The lowest BCUT2D eigenvalue weighted by Gasteiger charge is -2.02. The minimum Gasteiger partial charge on any atom is -0.466 e. The Labute approximate surface area is 119 Å². The Balaban J connectivity index is 1.98. The van der Waals surface area contributed by atoms with E-state index in [-0.39, 0.29) is 5.97 Å². The van der Waals surface area contributed by atoms with Gasteiger partial charge in [0.2, 0.25) is 0 Å². The van der Waals surface area contributed by atoms with Gasteiger partial charge in [0.25, 0.3) is 0 Å². The molecule has 2 aromatic rings. The number of hydrogen-bond donors (Lipinski definition) is 0. The molecule has 0 saturated heterocycles. The van der Waals surface area contributed by atoms with Gasteiger partial charge in [-0.1, -0.05) is 66.7 Å². The smallest absolute Gasteiger partial charge is 0.309 e. The van der Waals surface area contributed by atoms with Gasteiger partial charge in [0.05, 0.1) is 13.0 Å². The normalized spacial score (nSPS) is 10.7. The first-order valence-corrected chi connectivity index (χ1v) is 6.77. The largest absolute Gasteiger partial charge is 0.466 e. The predicted octanol–water partition coefficient (Wildman–Crippen LogP) is 4.32. The topological polar surface area (TPSA) is 26.3 Å². The predicted molar refractivity (Wildman–Crippen MR) is 82.2 cm³/mol. The zero-order chi connectivity index (χ0) is 14.2. The fraction of sp³-hybridized carbons (Fsp3) is 0.167. The Morgan fingerprint density at radius 2 is 1.65 bits per heavy atom. The summed E-state index contributed by atoms with van der Waals surface area (Å²) in [4.78, 5) is 11.2. The van der Waals surface area contributed by atoms with Crippen LogP contribution < -0.4 is 0 Å². The number of benzene rings is 2. The van der Waals surface area contributed by atoms with Gasteiger partial charge in [-0.2, -0.15) is 0 Å². The molecular formula is C18H18O2. The molecule has 2 rings (SSSR count). The fourth-order valence-electron chi connectivity index (χ4n) is 1.93. The summed E-state index contributed by atoms with van der Waals surface area (Å²) >= 11 is 0. The highest BCUT2D eigenvalue weighted by Gasteiger charge is 1.97. The summed E-state index contributed by atoms with van der Waals surface area (Å²) in [5.41, 5.74) is 3.47. The van der Waals surface area contributed by atoms with Gasteiger partial charge in [-0.25, -0.2) is 0 Å². The van der Waals surface area contributed by atoms with E-state index in [2.05, 4.69) is 24.3 Å². The Morgan fingerprint density at radius 1 is 1.00 bits per heavy atom. The molecule has 2 aromatic carbocycles. The highest BCUT2D eigenvalue weighted by molar-refractivity contribution is 5.73. The van der Waals surface area contributed by atoms with Crippen molar-refractivity contribution >= 4 is 12.0 Å². The average molecular weight is 266 g/mol. The Kier molecular flexibility index (Phi) is 5.13. The summed E-state index contributed by atoms with van der Waals surface area (Å²) in [6.45, 7) is 2.24. The summed E-state index contributed by atoms with van der Waals surface area (Å²) in [5.74, 6) is -0.190. The van der Waals surface area contributed by atoms with Gasteiger partial charge < -0.3 is 4.74 Å². The van der Waals surface area contributed by atoms with E-state index in [0.29, 0.717) is 13.0 Å². The zero-order valence-corrected chi connectivity index (χ0v) is 11.6. The first-order valence-electron chi connectivity index (χ1n) is 6.77. The van der Waals surface area contributed by atoms with Crippen LogP contribution in [0.4, 0.5) is 0 Å². The molecule has 2 nitrogen and oxygen atoms in total. The minimum absolute atomic E-state index is 0.190. The lowest BCUT2D eigenvalue weighted by Crippen LogP contribution is -2.01. The number of esters is 1. The van der Waals surface area contributed by atoms with Gasteiger partial charge in [-0.15, -0.1) is 0 Å². The molecule has 0 saturated carbocycles. The third-order valence-corrected chi connectivity index (χ3v) is 2.92. The van der Waals surface area contributed by atoms with Crippen molar-refractivity contribution in [1.29, 1.82) is 0 Å². The minimum atomic E-state index is -0.190. The zero-order valence-electron chi connectivity index (χ0n) is 11.6. The Hall–Kier alpha value is -2.35. The molecule has 0 bridgehead atoms. The maximum atomic E-state index is 11.2. The van der Waals surface area contributed by atoms with Crippen molar-refractivity contribution in [2.75, 3.05) is 6.61 Å². The maximum Gasteiger partial charge on any atom is 0.309 e. The Morgan fingerprint density at radius 3 is 2.30 bits per heavy atom. The second kappa shape index (κ2) is 7.29. The second-order valence-electron chi connectivity index (χ2n) is 4.40. The van der Waals surface area contributed by atoms with Crippen molar-refractivity contribution in [2.45, 2.75) is 13.3 Å². The van der Waals surface area contributed by atoms with Gasteiger partial charge in [-0.3, -0.25) is 4.79 Å². The number of hydrogen-bond acceptors (Lipinski definition) is 2. The van der Waals surface area contributed by atoms with Gasteiger partial charge in [0.1, 0.15) is 0 Å². The summed E-state index contributed by atoms with van der Waals surface area (Å²) < 4.78 is 4.87. The first-order chi connectivity index (χ1) is 9.79. The quantitative estimate of drug-likeness (QED) is 0.753. The summed E-state index contributed by atoms with van der Waals surface area (Å²) in [5, 5.41) is 0. The molecule has 0 heterocycles. The van der Waals surface area contributed by atoms with Crippen molar-refractivity contribution in [1.82, 2.24) is 0 Å². The molecule has 0 unspecified atom stereocenters. The molecule has 0 aliphatic carbocycles. The molecule has 20 heavy (non-hydrogen) atoms. The molecule has 0 spiro atoms. The van der Waals surface area contributed by atoms with Crippen LogP contribution in [0.15, 0.2) is 60.7 Å². The van der Waals surface area contributed by atoms with Gasteiger partial charge in [-0.05, 0) is 23.6 Å². The lowest BCUT2D eigenvalue weighted by atomic mass is 10.0. The molecule has 0 aliphatic rings. The van der Waals surface area contributed by atoms with Crippen molar-refractivity contribution in [3.8, 4) is 11.1 Å². The van der Waals surface area contributed by atoms with Crippen molar-refractivity contribution < 1.29 is 9.53 Å². The monoisotopic (exact) mass is 266 g/mol. The molecular weight excluding hydrogens is 248 g/mol. The van der Waals surface area contributed by atoms with Crippen LogP contribution in [-0.4, -0.2) is 12.6 Å². The first kappa shape index (κ1) is 14.1. The number of ether oxygens (including phenoxy) is 1. The molecule has 0 N–H and O–H groups in total. The lowest BCUT2D eigenvalue weighted by molar-refractivity contribution is -0.142. The molecule has 0 fully saturated rings. The van der Waals surface area contributed by atoms with Crippen molar-refractivity contribution in [3.63, 3.8) is 0 Å². The number of carbonyl (C=O) groups excluding carboxylic acids is 1. The van der Waals surface area contributed by atoms with Crippen LogP contribution in [0.5, 0.6) is 0 Å². The van der Waals surface area contributed by atoms with E-state index in [1.165, 1.54) is 11.1 Å². The molecule has 0 amide bonds. The van der Waals surface area contributed by atoms with Crippen LogP contribution in [-0.2, 0) is 9.53 Å². The van der Waals surface area contributed by atoms with Crippen LogP contribution >= 0.6 is 0 Å². The van der Waals surface area contributed by atoms with E-state index in [1.54, 1.807) is 0 Å². The van der Waals surface area contributed by atoms with E-state index < -0.39 is 0 Å². The standard InChI is InChI=1S/C18H18O2/c1-2-20-18(19)10-6-7-15-11-13-17(14-12-15)16-8-4-3-5-9-16/h3-9,11-14H,2,10H2,1H3. The maximum absolute atomic E-state index is 11.2. The summed E-state index contributed by atoms with van der Waals surface area (Å²) in [6, 6.07) is 18.5. The summed E-state index contributed by atoms with van der Waals surface area (Å²) in [6.07, 6.45) is 4.08. The van der Waals surface area contributed by atoms with Crippen LogP contribution in [0.1, 0.15) is 18.9 Å². The van der Waals surface area contributed by atoms with E-state index in [1.807, 2.05) is 49.4 Å². The number of carbonyl (C=O) groups is 1. The molecule has 0 aliphatic heterocycles. The Bertz CT molecular complexity index is 568. The molecule has 0 atom stereocenters.